The van der Waals surface area contributed by atoms with Crippen molar-refractivity contribution in [1.29, 1.82) is 0 Å². The number of nitrogens with one attached hydrogen (secondary N) is 2. The van der Waals surface area contributed by atoms with Gasteiger partial charge in [-0.2, -0.15) is 33.7 Å². The van der Waals surface area contributed by atoms with Gasteiger partial charge in [0.15, 0.2) is 11.6 Å². The molecule has 0 heterocycles. The van der Waals surface area contributed by atoms with Gasteiger partial charge in [0, 0.05) is 31.1 Å². The molecule has 0 saturated heterocycles. The van der Waals surface area contributed by atoms with Gasteiger partial charge in [0.1, 0.15) is 6.04 Å². The molecule has 5 rings (SSSR count). The average Bonchev–Trinajstić information content (AvgIpc) is 3.30. The molecule has 9 N–H and O–H groups in total. The highest BCUT2D eigenvalue weighted by atomic mass is 32.2. The third kappa shape index (κ3) is 17.3. The van der Waals surface area contributed by atoms with E-state index in [1.165, 1.54) is 48.5 Å². The minimum Gasteiger partial charge on any atom is -0.480 e. The second-order valence-corrected chi connectivity index (χ2v) is 23.0. The standard InChI is InChI=1S/C48H51N3O18S4/c1-29-2-4-33(5-3-29)26-43(48(56)57)51-47(55)36(23-31-8-16-38(17-9-31)71(61,62)63)28-45(53)42(25-34-12-20-40(21-13-34)73(67,68)69)50-46(54)35(22-30-6-14-37(15-7-30)70(58,59)60)27-44(52)41(49)24-32-10-18-39(19-11-32)72(64,65)66/h2-21,35-36,41-43H,22-28,49H2,1H3,(H,50,54)(H,51,55)(H,56,57)(H,58,59,60)(H,61,62,63)(H,64,65,66)(H,67,68,69). The van der Waals surface area contributed by atoms with Crippen LogP contribution in [0.25, 0.3) is 0 Å². The number of aryl methyl sites for hydroxylation is 1. The lowest BCUT2D eigenvalue weighted by Gasteiger charge is -2.25. The van der Waals surface area contributed by atoms with Crippen molar-refractivity contribution in [2.45, 2.75) is 89.6 Å². The number of amides is 2. The van der Waals surface area contributed by atoms with E-state index in [0.29, 0.717) is 11.1 Å². The van der Waals surface area contributed by atoms with Crippen LogP contribution >= 0.6 is 0 Å². The zero-order chi connectivity index (χ0) is 54.1. The monoisotopic (exact) mass is 1090 g/mol. The van der Waals surface area contributed by atoms with Crippen LogP contribution in [-0.2, 0) is 96.5 Å². The summed E-state index contributed by atoms with van der Waals surface area (Å²) in [6.07, 6.45) is -2.70. The first-order chi connectivity index (χ1) is 34.0. The zero-order valence-electron chi connectivity index (χ0n) is 38.6. The second kappa shape index (κ2) is 24.0. The van der Waals surface area contributed by atoms with Crippen molar-refractivity contribution < 1.29 is 81.0 Å². The summed E-state index contributed by atoms with van der Waals surface area (Å²) >= 11 is 0. The molecule has 25 heteroatoms. The highest BCUT2D eigenvalue weighted by Gasteiger charge is 2.34. The van der Waals surface area contributed by atoms with E-state index in [0.717, 1.165) is 54.1 Å². The fraction of sp³-hybridized carbons (Fsp3) is 0.271. The van der Waals surface area contributed by atoms with E-state index in [1.807, 2.05) is 6.92 Å². The molecule has 21 nitrogen and oxygen atoms in total. The average molecular weight is 1090 g/mol. The molecule has 5 unspecified atom stereocenters. The molecular weight excluding hydrogens is 1030 g/mol. The fourth-order valence-corrected chi connectivity index (χ4v) is 9.56. The normalized spacial score (nSPS) is 14.2. The van der Waals surface area contributed by atoms with Gasteiger partial charge in [0.2, 0.25) is 11.8 Å². The maximum absolute atomic E-state index is 14.7. The zero-order valence-corrected chi connectivity index (χ0v) is 41.9. The molecule has 5 atom stereocenters. The molecule has 5 aromatic carbocycles. The van der Waals surface area contributed by atoms with Gasteiger partial charge in [-0.25, -0.2) is 4.79 Å². The van der Waals surface area contributed by atoms with Crippen LogP contribution in [0.4, 0.5) is 0 Å². The number of rotatable bonds is 25. The molecule has 0 spiro atoms. The smallest absolute Gasteiger partial charge is 0.326 e. The summed E-state index contributed by atoms with van der Waals surface area (Å²) in [6, 6.07) is 20.9. The number of carbonyl (C=O) groups excluding carboxylic acids is 4. The molecule has 0 fully saturated rings. The van der Waals surface area contributed by atoms with Gasteiger partial charge >= 0.3 is 5.97 Å². The molecular formula is C48H51N3O18S4. The van der Waals surface area contributed by atoms with Crippen LogP contribution in [0.2, 0.25) is 0 Å². The van der Waals surface area contributed by atoms with Crippen molar-refractivity contribution in [2.24, 2.45) is 17.6 Å². The lowest BCUT2D eigenvalue weighted by Crippen LogP contribution is -2.49. The number of Topliss-reactive ketones (excluding diaryl/α,β-unsaturated/α-hetero) is 2. The minimum absolute atomic E-state index is 0.168. The molecule has 0 aliphatic heterocycles. The number of carboxylic acids is 1. The number of carbonyl (C=O) groups is 5. The van der Waals surface area contributed by atoms with E-state index in [9.17, 15) is 81.0 Å². The Labute approximate surface area is 421 Å². The molecule has 390 valence electrons. The van der Waals surface area contributed by atoms with Crippen LogP contribution in [0.15, 0.2) is 141 Å². The topological polar surface area (TPSA) is 373 Å². The van der Waals surface area contributed by atoms with E-state index in [-0.39, 0.29) is 42.4 Å². The van der Waals surface area contributed by atoms with Crippen LogP contribution in [0, 0.1) is 18.8 Å². The van der Waals surface area contributed by atoms with Gasteiger partial charge in [-0.1, -0.05) is 78.4 Å². The van der Waals surface area contributed by atoms with Gasteiger partial charge < -0.3 is 21.5 Å². The Balaban J connectivity index is 1.51. The molecule has 73 heavy (non-hydrogen) atoms. The molecule has 5 aromatic rings. The highest BCUT2D eigenvalue weighted by molar-refractivity contribution is 7.86. The quantitative estimate of drug-likeness (QED) is 0.0389. The van der Waals surface area contributed by atoms with E-state index in [2.05, 4.69) is 10.6 Å². The number of ketones is 2. The summed E-state index contributed by atoms with van der Waals surface area (Å²) in [6.45, 7) is 1.82. The number of benzene rings is 5. The Bertz CT molecular complexity index is 3280. The predicted molar refractivity (Wildman–Crippen MR) is 260 cm³/mol. The molecule has 0 bridgehead atoms. The molecule has 2 amide bonds. The first-order valence-corrected chi connectivity index (χ1v) is 27.7. The van der Waals surface area contributed by atoms with Crippen molar-refractivity contribution in [3.8, 4) is 0 Å². The van der Waals surface area contributed by atoms with Crippen molar-refractivity contribution in [2.75, 3.05) is 0 Å². The van der Waals surface area contributed by atoms with Crippen molar-refractivity contribution in [3.05, 3.63) is 155 Å². The summed E-state index contributed by atoms with van der Waals surface area (Å²) in [5.74, 6) is -7.66. The van der Waals surface area contributed by atoms with Gasteiger partial charge in [0.05, 0.1) is 31.7 Å². The summed E-state index contributed by atoms with van der Waals surface area (Å²) in [5.41, 5.74) is 8.83. The van der Waals surface area contributed by atoms with Gasteiger partial charge in [-0.05, 0) is 109 Å². The number of carboxylic acid groups (broad SMARTS) is 1. The SMILES string of the molecule is Cc1ccc(CC(NC(=O)C(CC(=O)C(Cc2ccc(S(=O)(=O)O)cc2)NC(=O)C(CC(=O)C(N)Cc2ccc(S(=O)(=O)O)cc2)Cc2ccc(S(=O)(=O)O)cc2)Cc2ccc(S(=O)(=O)O)cc2)C(=O)O)cc1. The van der Waals surface area contributed by atoms with Crippen LogP contribution in [0.1, 0.15) is 46.2 Å². The largest absolute Gasteiger partial charge is 0.480 e. The maximum atomic E-state index is 14.7. The van der Waals surface area contributed by atoms with E-state index in [1.54, 1.807) is 24.3 Å². The fourth-order valence-electron chi connectivity index (χ4n) is 7.64. The number of hydrogen-bond donors (Lipinski definition) is 8. The summed E-state index contributed by atoms with van der Waals surface area (Å²) in [5, 5.41) is 15.3. The maximum Gasteiger partial charge on any atom is 0.326 e. The Morgan fingerprint density at radius 1 is 0.425 bits per heavy atom. The van der Waals surface area contributed by atoms with Crippen molar-refractivity contribution >= 4 is 69.8 Å². The second-order valence-electron chi connectivity index (χ2n) is 17.3. The molecule has 0 aromatic heterocycles. The van der Waals surface area contributed by atoms with E-state index in [4.69, 9.17) is 5.73 Å². The third-order valence-corrected chi connectivity index (χ3v) is 15.1. The Hall–Kier alpha value is -6.55. The minimum atomic E-state index is -4.68. The van der Waals surface area contributed by atoms with Crippen LogP contribution in [0.5, 0.6) is 0 Å². The number of nitrogens with two attached hydrogens (primary N) is 1. The summed E-state index contributed by atoms with van der Waals surface area (Å²) in [4.78, 5) is 67.9. The van der Waals surface area contributed by atoms with Gasteiger partial charge in [-0.15, -0.1) is 0 Å². The molecule has 0 radical (unpaired) electrons. The third-order valence-electron chi connectivity index (χ3n) is 11.7. The lowest BCUT2D eigenvalue weighted by atomic mass is 9.87. The predicted octanol–water partition coefficient (Wildman–Crippen LogP) is 3.03. The van der Waals surface area contributed by atoms with Gasteiger partial charge in [0.25, 0.3) is 40.5 Å². The molecule has 0 saturated carbocycles. The Morgan fingerprint density at radius 3 is 1.03 bits per heavy atom. The van der Waals surface area contributed by atoms with E-state index < -0.39 is 139 Å². The van der Waals surface area contributed by atoms with Gasteiger partial charge in [-0.3, -0.25) is 37.4 Å². The lowest BCUT2D eigenvalue weighted by molar-refractivity contribution is -0.142. The van der Waals surface area contributed by atoms with Crippen LogP contribution in [0.3, 0.4) is 0 Å². The highest BCUT2D eigenvalue weighted by Crippen LogP contribution is 2.23. The Morgan fingerprint density at radius 2 is 0.699 bits per heavy atom. The molecule has 0 aliphatic rings. The molecule has 0 aliphatic carbocycles. The van der Waals surface area contributed by atoms with Crippen LogP contribution < -0.4 is 16.4 Å². The first-order valence-electron chi connectivity index (χ1n) is 21.9. The summed E-state index contributed by atoms with van der Waals surface area (Å²) in [7, 11) is -18.5. The number of aliphatic carboxylic acids is 1. The van der Waals surface area contributed by atoms with Crippen molar-refractivity contribution in [1.82, 2.24) is 10.6 Å². The Kier molecular flexibility index (Phi) is 18.8. The van der Waals surface area contributed by atoms with Crippen LogP contribution in [-0.4, -0.2) is 104 Å². The van der Waals surface area contributed by atoms with E-state index >= 15 is 0 Å². The summed E-state index contributed by atoms with van der Waals surface area (Å²) < 4.78 is 132. The number of hydrogen-bond acceptors (Lipinski definition) is 14. The van der Waals surface area contributed by atoms with Crippen molar-refractivity contribution in [3.63, 3.8) is 0 Å². The first kappa shape index (κ1) is 57.4.